The molecule has 154 valence electrons. The molecule has 2 aliphatic rings. The van der Waals surface area contributed by atoms with Gasteiger partial charge in [-0.25, -0.2) is 4.39 Å². The zero-order chi connectivity index (χ0) is 21.5. The van der Waals surface area contributed by atoms with Gasteiger partial charge >= 0.3 is 0 Å². The number of imide groups is 1. The van der Waals surface area contributed by atoms with E-state index < -0.39 is 17.2 Å². The largest absolute Gasteiger partial charge is 0.494 e. The quantitative estimate of drug-likeness (QED) is 0.591. The summed E-state index contributed by atoms with van der Waals surface area (Å²) in [6, 6.07) is 9.86. The standard InChI is InChI=1S/C21H20BFN2O5/c1-29-16-7-2-4-12(18(16)23)11-30-15-6-3-5-13-14(15)10-25(19(13)27)21(22)9-8-17(26)24-20(21)28/h2-7H,8-11,22H2,1H3,(H,24,26,28). The monoisotopic (exact) mass is 410 g/mol. The summed E-state index contributed by atoms with van der Waals surface area (Å²) < 4.78 is 25.2. The van der Waals surface area contributed by atoms with E-state index in [1.165, 1.54) is 18.1 Å². The Morgan fingerprint density at radius 2 is 1.90 bits per heavy atom. The molecule has 0 radical (unpaired) electrons. The Hall–Kier alpha value is -3.36. The van der Waals surface area contributed by atoms with Gasteiger partial charge in [0.25, 0.3) is 5.91 Å². The summed E-state index contributed by atoms with van der Waals surface area (Å²) in [5.41, 5.74) is 0.270. The van der Waals surface area contributed by atoms with Gasteiger partial charge in [0.15, 0.2) is 11.6 Å². The average Bonchev–Trinajstić information content (AvgIpc) is 3.08. The molecule has 0 aliphatic carbocycles. The van der Waals surface area contributed by atoms with Gasteiger partial charge < -0.3 is 14.4 Å². The highest BCUT2D eigenvalue weighted by atomic mass is 19.1. The molecule has 2 aromatic carbocycles. The molecule has 0 saturated carbocycles. The fourth-order valence-corrected chi connectivity index (χ4v) is 3.87. The van der Waals surface area contributed by atoms with Crippen LogP contribution in [0.3, 0.4) is 0 Å². The number of ether oxygens (including phenoxy) is 2. The molecule has 1 saturated heterocycles. The number of methoxy groups -OCH3 is 1. The molecule has 0 aromatic heterocycles. The van der Waals surface area contributed by atoms with Crippen molar-refractivity contribution < 1.29 is 28.2 Å². The minimum Gasteiger partial charge on any atom is -0.494 e. The molecule has 1 fully saturated rings. The molecule has 9 heteroatoms. The van der Waals surface area contributed by atoms with E-state index in [4.69, 9.17) is 9.47 Å². The number of hydrogen-bond donors (Lipinski definition) is 1. The third-order valence-corrected chi connectivity index (χ3v) is 5.75. The predicted molar refractivity (Wildman–Crippen MR) is 107 cm³/mol. The smallest absolute Gasteiger partial charge is 0.254 e. The molecule has 0 bridgehead atoms. The van der Waals surface area contributed by atoms with Crippen molar-refractivity contribution in [2.45, 2.75) is 31.4 Å². The lowest BCUT2D eigenvalue weighted by Gasteiger charge is -2.39. The van der Waals surface area contributed by atoms with Gasteiger partial charge in [0.05, 0.1) is 19.1 Å². The van der Waals surface area contributed by atoms with Crippen LogP contribution in [0.4, 0.5) is 4.39 Å². The molecule has 7 nitrogen and oxygen atoms in total. The van der Waals surface area contributed by atoms with Gasteiger partial charge in [0.1, 0.15) is 20.2 Å². The second kappa shape index (κ2) is 7.48. The molecule has 1 N–H and O–H groups in total. The summed E-state index contributed by atoms with van der Waals surface area (Å²) in [4.78, 5) is 38.5. The summed E-state index contributed by atoms with van der Waals surface area (Å²) in [5, 5.41) is 2.32. The lowest BCUT2D eigenvalue weighted by Crippen LogP contribution is -2.63. The normalized spacial score (nSPS) is 20.7. The van der Waals surface area contributed by atoms with Gasteiger partial charge in [-0.05, 0) is 24.6 Å². The first-order valence-corrected chi connectivity index (χ1v) is 9.57. The number of piperidine rings is 1. The maximum atomic E-state index is 14.4. The minimum atomic E-state index is -1.12. The Morgan fingerprint density at radius 3 is 2.63 bits per heavy atom. The van der Waals surface area contributed by atoms with Gasteiger partial charge in [-0.1, -0.05) is 18.2 Å². The van der Waals surface area contributed by atoms with E-state index >= 15 is 0 Å². The van der Waals surface area contributed by atoms with Gasteiger partial charge in [0.2, 0.25) is 11.8 Å². The Labute approximate surface area is 173 Å². The van der Waals surface area contributed by atoms with Crippen molar-refractivity contribution in [2.75, 3.05) is 7.11 Å². The Bertz CT molecular complexity index is 1060. The molecule has 0 spiro atoms. The fraction of sp³-hybridized carbons (Fsp3) is 0.286. The number of benzene rings is 2. The van der Waals surface area contributed by atoms with E-state index in [1.54, 1.807) is 38.2 Å². The van der Waals surface area contributed by atoms with Gasteiger partial charge in [0, 0.05) is 23.1 Å². The molecule has 1 unspecified atom stereocenters. The van der Waals surface area contributed by atoms with Crippen molar-refractivity contribution >= 4 is 25.6 Å². The molecular weight excluding hydrogens is 390 g/mol. The van der Waals surface area contributed by atoms with Crippen LogP contribution in [0.15, 0.2) is 36.4 Å². The zero-order valence-electron chi connectivity index (χ0n) is 16.7. The maximum Gasteiger partial charge on any atom is 0.254 e. The van der Waals surface area contributed by atoms with Gasteiger partial charge in [-0.2, -0.15) is 0 Å². The minimum absolute atomic E-state index is 0.0417. The molecule has 1 atom stereocenters. The van der Waals surface area contributed by atoms with Crippen LogP contribution in [0.1, 0.15) is 34.3 Å². The first kappa shape index (κ1) is 19.9. The molecule has 2 heterocycles. The Morgan fingerprint density at radius 1 is 1.17 bits per heavy atom. The third kappa shape index (κ3) is 3.20. The van der Waals surface area contributed by atoms with Crippen molar-refractivity contribution in [3.05, 3.63) is 58.9 Å². The highest BCUT2D eigenvalue weighted by molar-refractivity contribution is 6.32. The van der Waals surface area contributed by atoms with E-state index in [9.17, 15) is 18.8 Å². The number of nitrogens with one attached hydrogen (secondary N) is 1. The van der Waals surface area contributed by atoms with Crippen LogP contribution in [-0.2, 0) is 22.7 Å². The number of amides is 3. The number of rotatable bonds is 5. The topological polar surface area (TPSA) is 84.9 Å². The summed E-state index contributed by atoms with van der Waals surface area (Å²) in [7, 11) is 3.05. The molecule has 2 aromatic rings. The SMILES string of the molecule is BC1(N2Cc3c(OCc4cccc(OC)c4F)cccc3C2=O)CCC(=O)NC1=O. The predicted octanol–water partition coefficient (Wildman–Crippen LogP) is 1.14. The second-order valence-electron chi connectivity index (χ2n) is 7.55. The molecule has 30 heavy (non-hydrogen) atoms. The van der Waals surface area contributed by atoms with Gasteiger partial charge in [-0.3, -0.25) is 19.7 Å². The van der Waals surface area contributed by atoms with Crippen LogP contribution in [0.2, 0.25) is 0 Å². The van der Waals surface area contributed by atoms with Crippen LogP contribution in [0.5, 0.6) is 11.5 Å². The lowest BCUT2D eigenvalue weighted by molar-refractivity contribution is -0.138. The highest BCUT2D eigenvalue weighted by Gasteiger charge is 2.48. The van der Waals surface area contributed by atoms with Gasteiger partial charge in [-0.15, -0.1) is 0 Å². The van der Waals surface area contributed by atoms with E-state index in [0.29, 0.717) is 22.4 Å². The fourth-order valence-electron chi connectivity index (χ4n) is 3.87. The number of carbonyl (C=O) groups is 3. The first-order valence-electron chi connectivity index (χ1n) is 9.57. The highest BCUT2D eigenvalue weighted by Crippen LogP contribution is 2.37. The van der Waals surface area contributed by atoms with Crippen LogP contribution in [0.25, 0.3) is 0 Å². The zero-order valence-corrected chi connectivity index (χ0v) is 16.7. The lowest BCUT2D eigenvalue weighted by atomic mass is 9.70. The van der Waals surface area contributed by atoms with Crippen LogP contribution in [-0.4, -0.2) is 43.0 Å². The molecular formula is C21H20BFN2O5. The third-order valence-electron chi connectivity index (χ3n) is 5.75. The van der Waals surface area contributed by atoms with E-state index in [2.05, 4.69) is 5.32 Å². The number of fused-ring (bicyclic) bond motifs is 1. The van der Waals surface area contributed by atoms with Crippen LogP contribution < -0.4 is 14.8 Å². The second-order valence-corrected chi connectivity index (χ2v) is 7.55. The summed E-state index contributed by atoms with van der Waals surface area (Å²) in [6.07, 6.45) is 0.420. The first-order chi connectivity index (χ1) is 14.3. The van der Waals surface area contributed by atoms with E-state index in [-0.39, 0.29) is 43.6 Å². The van der Waals surface area contributed by atoms with Crippen molar-refractivity contribution in [1.29, 1.82) is 0 Å². The van der Waals surface area contributed by atoms with Crippen molar-refractivity contribution in [1.82, 2.24) is 10.2 Å². The van der Waals surface area contributed by atoms with Crippen molar-refractivity contribution in [3.63, 3.8) is 0 Å². The summed E-state index contributed by atoms with van der Waals surface area (Å²) in [6.45, 7) is 0.128. The van der Waals surface area contributed by atoms with E-state index in [0.717, 1.165) is 0 Å². The molecule has 3 amide bonds. The summed E-state index contributed by atoms with van der Waals surface area (Å²) >= 11 is 0. The van der Waals surface area contributed by atoms with Crippen molar-refractivity contribution in [3.8, 4) is 11.5 Å². The van der Waals surface area contributed by atoms with Crippen molar-refractivity contribution in [2.24, 2.45) is 0 Å². The number of carbonyl (C=O) groups excluding carboxylic acids is 3. The van der Waals surface area contributed by atoms with Crippen LogP contribution >= 0.6 is 0 Å². The number of hydrogen-bond acceptors (Lipinski definition) is 5. The number of halogens is 1. The maximum absolute atomic E-state index is 14.4. The summed E-state index contributed by atoms with van der Waals surface area (Å²) in [5.74, 6) is -1.05. The number of nitrogens with zero attached hydrogens (tertiary/aromatic N) is 1. The Balaban J connectivity index is 1.58. The Kier molecular flexibility index (Phi) is 4.97. The van der Waals surface area contributed by atoms with E-state index in [1.807, 2.05) is 0 Å². The average molecular weight is 410 g/mol. The molecule has 4 rings (SSSR count). The van der Waals surface area contributed by atoms with Crippen LogP contribution in [0, 0.1) is 5.82 Å². The molecule has 2 aliphatic heterocycles.